The molecule has 292 valence electrons. The van der Waals surface area contributed by atoms with Gasteiger partial charge in [0.15, 0.2) is 12.1 Å². The summed E-state index contributed by atoms with van der Waals surface area (Å²) in [7, 11) is 7.44. The van der Waals surface area contributed by atoms with E-state index in [0.717, 1.165) is 32.5 Å². The van der Waals surface area contributed by atoms with Gasteiger partial charge in [0, 0.05) is 25.6 Å². The number of hydrogen-bond donors (Lipinski definition) is 2. The fourth-order valence-electron chi connectivity index (χ4n) is 8.70. The molecule has 3 rings (SSSR count). The molecule has 3 heterocycles. The number of unbranched alkanes of at least 4 members (excludes halogenated alkanes) is 4. The van der Waals surface area contributed by atoms with E-state index >= 15 is 0 Å². The molecular weight excluding hydrogens is 638 g/mol. The Morgan fingerprint density at radius 3 is 2.28 bits per heavy atom. The Morgan fingerprint density at radius 2 is 1.68 bits per heavy atom. The van der Waals surface area contributed by atoms with Crippen LogP contribution in [-0.2, 0) is 28.5 Å². The molecule has 10 atom stereocenters. The molecule has 3 aliphatic rings. The summed E-state index contributed by atoms with van der Waals surface area (Å²) in [6.45, 7) is 16.9. The highest BCUT2D eigenvalue weighted by Gasteiger charge is 2.51. The summed E-state index contributed by atoms with van der Waals surface area (Å²) < 4.78 is 25.0. The Kier molecular flexibility index (Phi) is 16.6. The number of aliphatic hydroxyl groups excluding tert-OH is 2. The number of cyclic esters (lactones) is 1. The molecule has 0 aromatic carbocycles. The highest BCUT2D eigenvalue weighted by atomic mass is 16.7. The number of piperidine rings is 1. The summed E-state index contributed by atoms with van der Waals surface area (Å²) in [5, 5.41) is 23.2. The number of likely N-dealkylation sites (tertiary alicyclic amines) is 1. The number of rotatable bonds is 12. The molecule has 0 unspecified atom stereocenters. The van der Waals surface area contributed by atoms with Crippen LogP contribution >= 0.6 is 0 Å². The highest BCUT2D eigenvalue weighted by molar-refractivity contribution is 6.04. The van der Waals surface area contributed by atoms with E-state index in [-0.39, 0.29) is 36.4 Å². The van der Waals surface area contributed by atoms with Gasteiger partial charge in [-0.2, -0.15) is 0 Å². The monoisotopic (exact) mass is 712 g/mol. The predicted octanol–water partition coefficient (Wildman–Crippen LogP) is 4.36. The Bertz CT molecular complexity index is 1050. The molecule has 3 fully saturated rings. The third-order valence-electron chi connectivity index (χ3n) is 12.0. The van der Waals surface area contributed by atoms with Crippen molar-refractivity contribution in [2.24, 2.45) is 23.2 Å². The van der Waals surface area contributed by atoms with Crippen LogP contribution in [0.15, 0.2) is 0 Å². The number of Topliss-reactive ketones (excluding diaryl/α,β-unsaturated/α-hetero) is 1. The predicted molar refractivity (Wildman–Crippen MR) is 196 cm³/mol. The van der Waals surface area contributed by atoms with Crippen LogP contribution in [0.1, 0.15) is 106 Å². The first-order valence-corrected chi connectivity index (χ1v) is 19.5. The third kappa shape index (κ3) is 10.9. The topological polar surface area (TPSA) is 121 Å². The summed E-state index contributed by atoms with van der Waals surface area (Å²) in [5.41, 5.74) is -2.46. The zero-order valence-corrected chi connectivity index (χ0v) is 33.4. The first-order chi connectivity index (χ1) is 23.5. The van der Waals surface area contributed by atoms with E-state index in [1.165, 1.54) is 32.1 Å². The molecule has 50 heavy (non-hydrogen) atoms. The quantitative estimate of drug-likeness (QED) is 0.171. The lowest BCUT2D eigenvalue weighted by atomic mass is 9.74. The molecule has 0 aliphatic carbocycles. The van der Waals surface area contributed by atoms with Gasteiger partial charge in [-0.3, -0.25) is 14.5 Å². The lowest BCUT2D eigenvalue weighted by molar-refractivity contribution is -0.295. The van der Waals surface area contributed by atoms with Crippen LogP contribution < -0.4 is 0 Å². The molecule has 11 heteroatoms. The van der Waals surface area contributed by atoms with E-state index in [0.29, 0.717) is 19.4 Å². The van der Waals surface area contributed by atoms with Crippen molar-refractivity contribution >= 4 is 11.8 Å². The summed E-state index contributed by atoms with van der Waals surface area (Å²) in [4.78, 5) is 34.7. The van der Waals surface area contributed by atoms with Gasteiger partial charge in [-0.15, -0.1) is 0 Å². The lowest BCUT2D eigenvalue weighted by Gasteiger charge is -2.47. The van der Waals surface area contributed by atoms with Gasteiger partial charge in [0.2, 0.25) is 0 Å². The Hall–Kier alpha value is -1.18. The van der Waals surface area contributed by atoms with Crippen LogP contribution in [0.2, 0.25) is 0 Å². The van der Waals surface area contributed by atoms with Crippen LogP contribution in [0, 0.1) is 23.2 Å². The molecule has 3 aliphatic heterocycles. The van der Waals surface area contributed by atoms with Gasteiger partial charge in [0.1, 0.15) is 18.1 Å². The number of likely N-dealkylation sites (N-methyl/N-ethyl adjacent to an activating group) is 2. The zero-order valence-electron chi connectivity index (χ0n) is 33.4. The molecule has 3 saturated heterocycles. The van der Waals surface area contributed by atoms with Crippen molar-refractivity contribution in [2.75, 3.05) is 61.0 Å². The van der Waals surface area contributed by atoms with Crippen LogP contribution in [-0.4, -0.2) is 146 Å². The fourth-order valence-corrected chi connectivity index (χ4v) is 8.70. The van der Waals surface area contributed by atoms with E-state index in [1.807, 2.05) is 39.9 Å². The van der Waals surface area contributed by atoms with Crippen LogP contribution in [0.3, 0.4) is 0 Å². The molecular formula is C39H73N3O8. The average Bonchev–Trinajstić information content (AvgIpc) is 3.07. The average molecular weight is 712 g/mol. The SMILES string of the molecule is CCCCCCCN1CCC([C@@H](O)[C@H]2COC(=O)C(C)(C)C(=O)[C@H](C)[C@@H](O[C@@H]3O[C@H](C)C[C@H](N(C)C)[C@H]3O)[C@](C)(OC)C[C@@H](C)CN2C)CC1. The van der Waals surface area contributed by atoms with Crippen molar-refractivity contribution in [3.8, 4) is 0 Å². The molecule has 0 radical (unpaired) electrons. The van der Waals surface area contributed by atoms with Gasteiger partial charge in [0.25, 0.3) is 0 Å². The molecule has 0 aromatic heterocycles. The maximum absolute atomic E-state index is 14.3. The summed E-state index contributed by atoms with van der Waals surface area (Å²) in [6, 6.07) is -0.615. The van der Waals surface area contributed by atoms with Crippen LogP contribution in [0.25, 0.3) is 0 Å². The second kappa shape index (κ2) is 19.2. The molecule has 0 aromatic rings. The second-order valence-electron chi connectivity index (χ2n) is 16.9. The Labute approximate surface area is 303 Å². The minimum Gasteiger partial charge on any atom is -0.463 e. The van der Waals surface area contributed by atoms with Gasteiger partial charge >= 0.3 is 5.97 Å². The number of ketones is 1. The Balaban J connectivity index is 1.84. The van der Waals surface area contributed by atoms with E-state index in [2.05, 4.69) is 23.6 Å². The molecule has 0 spiro atoms. The third-order valence-corrected chi connectivity index (χ3v) is 12.0. The van der Waals surface area contributed by atoms with E-state index < -0.39 is 53.5 Å². The van der Waals surface area contributed by atoms with Crippen molar-refractivity contribution in [1.29, 1.82) is 0 Å². The maximum Gasteiger partial charge on any atom is 0.319 e. The zero-order chi connectivity index (χ0) is 37.4. The maximum atomic E-state index is 14.3. The minimum absolute atomic E-state index is 0.000648. The van der Waals surface area contributed by atoms with Crippen molar-refractivity contribution < 1.29 is 38.7 Å². The molecule has 11 nitrogen and oxygen atoms in total. The number of methoxy groups -OCH3 is 1. The molecule has 0 amide bonds. The Morgan fingerprint density at radius 1 is 1.04 bits per heavy atom. The fraction of sp³-hybridized carbons (Fsp3) is 0.949. The van der Waals surface area contributed by atoms with Gasteiger partial charge in [-0.1, -0.05) is 46.5 Å². The number of esters is 1. The molecule has 0 saturated carbocycles. The first-order valence-electron chi connectivity index (χ1n) is 19.5. The number of nitrogens with zero attached hydrogens (tertiary/aromatic N) is 3. The summed E-state index contributed by atoms with van der Waals surface area (Å²) in [5.74, 6) is -1.61. The van der Waals surface area contributed by atoms with Gasteiger partial charge < -0.3 is 39.0 Å². The smallest absolute Gasteiger partial charge is 0.319 e. The standard InChI is InChI=1S/C39H73N3O8/c1-12-13-14-15-16-19-42-20-17-29(18-21-42)32(43)31-25-48-37(46)38(5,6)34(45)28(4)35(39(7,47-11)23-26(2)24-41(31)10)50-36-33(44)30(40(8)9)22-27(3)49-36/h26-33,35-36,43-44H,12-25H2,1-11H3/t26-,27-,28+,30+,31-,32-,33-,35-,36+,39-/m1/s1. The minimum atomic E-state index is -1.49. The summed E-state index contributed by atoms with van der Waals surface area (Å²) >= 11 is 0. The summed E-state index contributed by atoms with van der Waals surface area (Å²) in [6.07, 6.45) is 5.66. The number of ether oxygens (including phenoxy) is 4. The van der Waals surface area contributed by atoms with E-state index in [4.69, 9.17) is 18.9 Å². The molecule has 2 N–H and O–H groups in total. The van der Waals surface area contributed by atoms with Crippen molar-refractivity contribution in [2.45, 2.75) is 155 Å². The largest absolute Gasteiger partial charge is 0.463 e. The lowest BCUT2D eigenvalue weighted by Crippen LogP contribution is -2.59. The normalized spacial score (nSPS) is 36.8. The van der Waals surface area contributed by atoms with E-state index in [1.54, 1.807) is 27.9 Å². The van der Waals surface area contributed by atoms with Crippen LogP contribution in [0.4, 0.5) is 0 Å². The number of hydrogen-bond acceptors (Lipinski definition) is 11. The van der Waals surface area contributed by atoms with Gasteiger partial charge in [-0.25, -0.2) is 0 Å². The van der Waals surface area contributed by atoms with Crippen molar-refractivity contribution in [3.63, 3.8) is 0 Å². The number of carbonyl (C=O) groups excluding carboxylic acids is 2. The molecule has 0 bridgehead atoms. The highest BCUT2D eigenvalue weighted by Crippen LogP contribution is 2.38. The first kappa shape index (κ1) is 43.2. The number of aliphatic hydroxyl groups is 2. The van der Waals surface area contributed by atoms with Gasteiger partial charge in [0.05, 0.1) is 30.0 Å². The number of carbonyl (C=O) groups is 2. The van der Waals surface area contributed by atoms with Crippen LogP contribution in [0.5, 0.6) is 0 Å². The van der Waals surface area contributed by atoms with Crippen molar-refractivity contribution in [3.05, 3.63) is 0 Å². The van der Waals surface area contributed by atoms with Crippen molar-refractivity contribution in [1.82, 2.24) is 14.7 Å². The second-order valence-corrected chi connectivity index (χ2v) is 16.9. The van der Waals surface area contributed by atoms with E-state index in [9.17, 15) is 19.8 Å². The van der Waals surface area contributed by atoms with Gasteiger partial charge in [-0.05, 0) is 112 Å².